The Balaban J connectivity index is 1.54. The number of rotatable bonds is 5. The summed E-state index contributed by atoms with van der Waals surface area (Å²) in [6, 6.07) is 0.473. The number of nitrogens with zero attached hydrogens (tertiary/aromatic N) is 5. The number of nitrogens with one attached hydrogen (secondary N) is 1. The maximum Gasteiger partial charge on any atom is 0.408 e. The molecule has 2 fully saturated rings. The molecule has 32 heavy (non-hydrogen) atoms. The van der Waals surface area contributed by atoms with Crippen LogP contribution in [0.3, 0.4) is 0 Å². The van der Waals surface area contributed by atoms with Gasteiger partial charge in [0.05, 0.1) is 43.3 Å². The Bertz CT molecular complexity index is 1100. The standard InChI is InChI=1S/C21H25F3N6O2/c1-12(21(22,23)24)27-20-25-8-19-17(14-7-26-29(9-14)15-10-32-11-15)6-18(30(19)28-20)13-2-4-16(31)5-3-13/h6-9,12-13,15-16,31H,2-5,10-11H2,1H3,(H,27,28)/t12-,13-,16-/m1/s1. The highest BCUT2D eigenvalue weighted by Crippen LogP contribution is 2.38. The van der Waals surface area contributed by atoms with Gasteiger partial charge in [-0.2, -0.15) is 18.3 Å². The van der Waals surface area contributed by atoms with Gasteiger partial charge in [-0.15, -0.1) is 5.10 Å². The first-order chi connectivity index (χ1) is 15.3. The molecule has 2 N–H and O–H groups in total. The summed E-state index contributed by atoms with van der Waals surface area (Å²) in [5.41, 5.74) is 3.39. The molecule has 4 heterocycles. The first-order valence-electron chi connectivity index (χ1n) is 10.8. The van der Waals surface area contributed by atoms with Gasteiger partial charge in [-0.1, -0.05) is 0 Å². The number of aromatic nitrogens is 5. The topological polar surface area (TPSA) is 89.5 Å². The maximum absolute atomic E-state index is 13.0. The normalized spacial score (nSPS) is 23.3. The zero-order valence-corrected chi connectivity index (χ0v) is 17.6. The number of ether oxygens (including phenoxy) is 1. The predicted octanol–water partition coefficient (Wildman–Crippen LogP) is 3.55. The van der Waals surface area contributed by atoms with Crippen LogP contribution in [0.15, 0.2) is 24.7 Å². The van der Waals surface area contributed by atoms with Crippen LogP contribution in [0.1, 0.15) is 50.3 Å². The molecule has 1 saturated carbocycles. The summed E-state index contributed by atoms with van der Waals surface area (Å²) in [5.74, 6) is 0.0707. The van der Waals surface area contributed by atoms with Gasteiger partial charge >= 0.3 is 6.18 Å². The summed E-state index contributed by atoms with van der Waals surface area (Å²) in [5, 5.41) is 21.1. The third-order valence-electron chi connectivity index (χ3n) is 6.40. The van der Waals surface area contributed by atoms with Gasteiger partial charge in [0.1, 0.15) is 6.04 Å². The van der Waals surface area contributed by atoms with Gasteiger partial charge in [0.25, 0.3) is 0 Å². The van der Waals surface area contributed by atoms with Crippen molar-refractivity contribution in [1.29, 1.82) is 0 Å². The molecular formula is C21H25F3N6O2. The Labute approximate surface area is 182 Å². The Morgan fingerprint density at radius 2 is 1.94 bits per heavy atom. The van der Waals surface area contributed by atoms with E-state index in [1.165, 1.54) is 0 Å². The predicted molar refractivity (Wildman–Crippen MR) is 110 cm³/mol. The van der Waals surface area contributed by atoms with E-state index in [-0.39, 0.29) is 24.0 Å². The molecule has 3 aromatic rings. The molecule has 8 nitrogen and oxygen atoms in total. The molecule has 1 atom stereocenters. The third kappa shape index (κ3) is 3.95. The highest BCUT2D eigenvalue weighted by molar-refractivity contribution is 5.81. The SMILES string of the molecule is C[C@@H](Nc1ncc2c(-c3cnn(C4COC4)c3)cc([C@H]3CC[C@H](O)CC3)n2n1)C(F)(F)F. The van der Waals surface area contributed by atoms with Gasteiger partial charge in [0.2, 0.25) is 5.95 Å². The van der Waals surface area contributed by atoms with Crippen molar-refractivity contribution >= 4 is 11.5 Å². The Kier molecular flexibility index (Phi) is 5.32. The Morgan fingerprint density at radius 3 is 2.59 bits per heavy atom. The van der Waals surface area contributed by atoms with E-state index in [2.05, 4.69) is 20.5 Å². The van der Waals surface area contributed by atoms with Crippen LogP contribution >= 0.6 is 0 Å². The third-order valence-corrected chi connectivity index (χ3v) is 6.40. The lowest BCUT2D eigenvalue weighted by Gasteiger charge is -2.25. The lowest BCUT2D eigenvalue weighted by Crippen LogP contribution is -2.34. The highest BCUT2D eigenvalue weighted by atomic mass is 19.4. The van der Waals surface area contributed by atoms with Crippen LogP contribution in [-0.2, 0) is 4.74 Å². The molecule has 0 bridgehead atoms. The Morgan fingerprint density at radius 1 is 1.19 bits per heavy atom. The molecule has 0 radical (unpaired) electrons. The maximum atomic E-state index is 13.0. The summed E-state index contributed by atoms with van der Waals surface area (Å²) >= 11 is 0. The van der Waals surface area contributed by atoms with Crippen LogP contribution in [0.4, 0.5) is 19.1 Å². The van der Waals surface area contributed by atoms with Crippen LogP contribution in [-0.4, -0.2) is 61.0 Å². The molecule has 172 valence electrons. The summed E-state index contributed by atoms with van der Waals surface area (Å²) in [7, 11) is 0. The van der Waals surface area contributed by atoms with Crippen LogP contribution in [0.5, 0.6) is 0 Å². The summed E-state index contributed by atoms with van der Waals surface area (Å²) in [6.45, 7) is 2.29. The van der Waals surface area contributed by atoms with Crippen molar-refractivity contribution in [2.75, 3.05) is 18.5 Å². The highest BCUT2D eigenvalue weighted by Gasteiger charge is 2.36. The molecule has 0 unspecified atom stereocenters. The van der Waals surface area contributed by atoms with Crippen LogP contribution in [0.25, 0.3) is 16.6 Å². The van der Waals surface area contributed by atoms with Crippen molar-refractivity contribution in [1.82, 2.24) is 24.4 Å². The number of alkyl halides is 3. The quantitative estimate of drug-likeness (QED) is 0.618. The zero-order valence-electron chi connectivity index (χ0n) is 17.6. The smallest absolute Gasteiger partial charge is 0.393 e. The molecule has 1 aliphatic heterocycles. The van der Waals surface area contributed by atoms with Crippen molar-refractivity contribution in [3.63, 3.8) is 0 Å². The van der Waals surface area contributed by atoms with Crippen molar-refractivity contribution in [2.24, 2.45) is 0 Å². The minimum Gasteiger partial charge on any atom is -0.393 e. The molecule has 5 rings (SSSR count). The van der Waals surface area contributed by atoms with Crippen LogP contribution in [0, 0.1) is 0 Å². The molecule has 11 heteroatoms. The minimum atomic E-state index is -4.40. The fourth-order valence-corrected chi connectivity index (χ4v) is 4.30. The molecule has 0 aromatic carbocycles. The van der Waals surface area contributed by atoms with E-state index >= 15 is 0 Å². The molecule has 1 aliphatic carbocycles. The molecule has 2 aliphatic rings. The fourth-order valence-electron chi connectivity index (χ4n) is 4.30. The fraction of sp³-hybridized carbons (Fsp3) is 0.571. The van der Waals surface area contributed by atoms with Crippen LogP contribution < -0.4 is 5.32 Å². The van der Waals surface area contributed by atoms with Gasteiger partial charge in [-0.25, -0.2) is 9.50 Å². The van der Waals surface area contributed by atoms with Gasteiger partial charge in [0.15, 0.2) is 0 Å². The van der Waals surface area contributed by atoms with Crippen molar-refractivity contribution in [3.8, 4) is 11.1 Å². The molecule has 1 saturated heterocycles. The van der Waals surface area contributed by atoms with Gasteiger partial charge < -0.3 is 15.2 Å². The van der Waals surface area contributed by atoms with Crippen LogP contribution in [0.2, 0.25) is 0 Å². The van der Waals surface area contributed by atoms with Gasteiger partial charge in [0, 0.05) is 28.9 Å². The Hall–Kier alpha value is -2.66. The first kappa shape index (κ1) is 21.2. The summed E-state index contributed by atoms with van der Waals surface area (Å²) in [6.07, 6.45) is 3.53. The van der Waals surface area contributed by atoms with Crippen molar-refractivity contribution in [2.45, 2.75) is 62.9 Å². The molecule has 0 spiro atoms. The number of fused-ring (bicyclic) bond motifs is 1. The van der Waals surface area contributed by atoms with E-state index in [9.17, 15) is 18.3 Å². The summed E-state index contributed by atoms with van der Waals surface area (Å²) in [4.78, 5) is 4.16. The van der Waals surface area contributed by atoms with E-state index in [1.807, 2.05) is 16.9 Å². The van der Waals surface area contributed by atoms with Crippen molar-refractivity contribution in [3.05, 3.63) is 30.4 Å². The van der Waals surface area contributed by atoms with E-state index in [4.69, 9.17) is 4.74 Å². The second kappa shape index (κ2) is 8.04. The average Bonchev–Trinajstić information content (AvgIpc) is 3.31. The number of aliphatic hydroxyl groups is 1. The zero-order chi connectivity index (χ0) is 22.5. The lowest BCUT2D eigenvalue weighted by molar-refractivity contribution is -0.138. The molecular weight excluding hydrogens is 425 g/mol. The number of anilines is 1. The van der Waals surface area contributed by atoms with E-state index in [0.29, 0.717) is 31.6 Å². The molecule has 3 aromatic heterocycles. The number of hydrogen-bond donors (Lipinski definition) is 2. The van der Waals surface area contributed by atoms with Gasteiger partial charge in [-0.05, 0) is 38.7 Å². The van der Waals surface area contributed by atoms with Crippen molar-refractivity contribution < 1.29 is 23.0 Å². The van der Waals surface area contributed by atoms with E-state index in [1.54, 1.807) is 16.9 Å². The molecule has 0 amide bonds. The lowest BCUT2D eigenvalue weighted by atomic mass is 9.85. The number of hydrogen-bond acceptors (Lipinski definition) is 6. The largest absolute Gasteiger partial charge is 0.408 e. The second-order valence-corrected chi connectivity index (χ2v) is 8.68. The van der Waals surface area contributed by atoms with E-state index < -0.39 is 12.2 Å². The minimum absolute atomic E-state index is 0.0797. The second-order valence-electron chi connectivity index (χ2n) is 8.68. The summed E-state index contributed by atoms with van der Waals surface area (Å²) < 4.78 is 47.9. The monoisotopic (exact) mass is 450 g/mol. The average molecular weight is 450 g/mol. The first-order valence-corrected chi connectivity index (χ1v) is 10.8. The van der Waals surface area contributed by atoms with E-state index in [0.717, 1.165) is 36.6 Å². The van der Waals surface area contributed by atoms with Gasteiger partial charge in [-0.3, -0.25) is 4.68 Å². The number of aliphatic hydroxyl groups excluding tert-OH is 1. The number of halogens is 3.